The van der Waals surface area contributed by atoms with Crippen molar-refractivity contribution in [2.75, 3.05) is 23.3 Å². The molecule has 0 saturated carbocycles. The van der Waals surface area contributed by atoms with E-state index in [1.807, 2.05) is 42.5 Å². The van der Waals surface area contributed by atoms with Crippen molar-refractivity contribution >= 4 is 23.5 Å². The van der Waals surface area contributed by atoms with Crippen LogP contribution in [0.1, 0.15) is 65.4 Å². The minimum atomic E-state index is -1.30. The van der Waals surface area contributed by atoms with E-state index in [9.17, 15) is 14.7 Å². The first-order valence-corrected chi connectivity index (χ1v) is 15.7. The van der Waals surface area contributed by atoms with Crippen LogP contribution < -0.4 is 15.0 Å². The Hall–Kier alpha value is -4.98. The fourth-order valence-corrected chi connectivity index (χ4v) is 5.80. The molecule has 0 aromatic heterocycles. The molecule has 5 rings (SSSR count). The summed E-state index contributed by atoms with van der Waals surface area (Å²) < 4.78 is 11.4. The van der Waals surface area contributed by atoms with Gasteiger partial charge in [0.05, 0.1) is 5.56 Å². The molecular formula is C38H42N2O6. The van der Waals surface area contributed by atoms with Gasteiger partial charge < -0.3 is 29.9 Å². The van der Waals surface area contributed by atoms with E-state index < -0.39 is 18.4 Å². The number of benzene rings is 4. The number of nitrogens with zero attached hydrogens (tertiary/aromatic N) is 1. The van der Waals surface area contributed by atoms with Crippen LogP contribution in [0.25, 0.3) is 0 Å². The zero-order valence-corrected chi connectivity index (χ0v) is 26.7. The molecule has 8 nitrogen and oxygen atoms in total. The topological polar surface area (TPSA) is 108 Å². The van der Waals surface area contributed by atoms with Gasteiger partial charge in [0.2, 0.25) is 0 Å². The average molecular weight is 623 g/mol. The lowest BCUT2D eigenvalue weighted by atomic mass is 9.87. The van der Waals surface area contributed by atoms with Crippen LogP contribution in [0.5, 0.6) is 5.75 Å². The number of hydrogen-bond acceptors (Lipinski definition) is 6. The van der Waals surface area contributed by atoms with E-state index in [0.29, 0.717) is 26.0 Å². The molecule has 0 saturated heterocycles. The molecule has 0 spiro atoms. The number of hydrogen-bond donors (Lipinski definition) is 3. The van der Waals surface area contributed by atoms with Crippen molar-refractivity contribution in [2.45, 2.75) is 64.7 Å². The smallest absolute Gasteiger partial charge is 0.489 e. The lowest BCUT2D eigenvalue weighted by Crippen LogP contribution is -2.33. The Morgan fingerprint density at radius 2 is 1.54 bits per heavy atom. The number of para-hydroxylation sites is 1. The van der Waals surface area contributed by atoms with Gasteiger partial charge in [-0.15, -0.1) is 0 Å². The van der Waals surface area contributed by atoms with Crippen LogP contribution in [-0.2, 0) is 36.0 Å². The molecule has 4 aromatic rings. The molecule has 4 aromatic carbocycles. The first kappa shape index (κ1) is 32.4. The quantitative estimate of drug-likeness (QED) is 0.137. The van der Waals surface area contributed by atoms with Crippen molar-refractivity contribution in [1.82, 2.24) is 0 Å². The van der Waals surface area contributed by atoms with Gasteiger partial charge in [0.1, 0.15) is 12.4 Å². The minimum absolute atomic E-state index is 0.0990. The summed E-state index contributed by atoms with van der Waals surface area (Å²) in [5.41, 5.74) is 8.01. The number of carboxylic acid groups (broad SMARTS) is 2. The first-order chi connectivity index (χ1) is 22.1. The molecule has 46 heavy (non-hydrogen) atoms. The highest BCUT2D eigenvalue weighted by molar-refractivity contribution is 5.87. The molecule has 3 N–H and O–H groups in total. The molecule has 1 aliphatic rings. The Balaban J connectivity index is 1.33. The molecule has 1 heterocycles. The van der Waals surface area contributed by atoms with Crippen molar-refractivity contribution in [2.24, 2.45) is 0 Å². The molecule has 0 radical (unpaired) electrons. The maximum absolute atomic E-state index is 11.3. The third kappa shape index (κ3) is 8.38. The van der Waals surface area contributed by atoms with Gasteiger partial charge in [-0.3, -0.25) is 0 Å². The Bertz CT molecular complexity index is 1640. The summed E-state index contributed by atoms with van der Waals surface area (Å²) in [7, 11) is 0. The second kappa shape index (κ2) is 14.4. The standard InChI is InChI=1S/C38H42N2O6/c1-38(2,3)30-17-13-27(14-18-30)25-45-34-10-5-4-7-28(34)22-24-40(23-21-26-11-15-29(16-12-26)36(41)42)33-9-6-8-32-31(33)19-20-35(39-32)46-37(43)44/h4-18,35,39H,19-25H2,1-3H3,(H,41,42)(H,43,44). The number of ether oxygens (including phenoxy) is 2. The highest BCUT2D eigenvalue weighted by Gasteiger charge is 2.24. The second-order valence-electron chi connectivity index (χ2n) is 12.7. The number of carboxylic acids is 1. The van der Waals surface area contributed by atoms with Crippen LogP contribution in [-0.4, -0.2) is 41.7 Å². The Morgan fingerprint density at radius 1 is 0.848 bits per heavy atom. The molecule has 0 bridgehead atoms. The van der Waals surface area contributed by atoms with Gasteiger partial charge >= 0.3 is 12.1 Å². The minimum Gasteiger partial charge on any atom is -0.489 e. The summed E-state index contributed by atoms with van der Waals surface area (Å²) in [6.07, 6.45) is 0.802. The van der Waals surface area contributed by atoms with Crippen LogP contribution in [0.15, 0.2) is 91.0 Å². The zero-order valence-electron chi connectivity index (χ0n) is 26.7. The zero-order chi connectivity index (χ0) is 32.7. The summed E-state index contributed by atoms with van der Waals surface area (Å²) in [6, 6.07) is 29.8. The number of anilines is 2. The third-order valence-electron chi connectivity index (χ3n) is 8.42. The number of rotatable bonds is 12. The lowest BCUT2D eigenvalue weighted by molar-refractivity contribution is 0.0579. The predicted octanol–water partition coefficient (Wildman–Crippen LogP) is 7.93. The molecule has 1 aliphatic heterocycles. The third-order valence-corrected chi connectivity index (χ3v) is 8.42. The van der Waals surface area contributed by atoms with Crippen LogP contribution >= 0.6 is 0 Å². The van der Waals surface area contributed by atoms with Crippen molar-refractivity contribution in [3.63, 3.8) is 0 Å². The predicted molar refractivity (Wildman–Crippen MR) is 180 cm³/mol. The molecular weight excluding hydrogens is 580 g/mol. The molecule has 0 amide bonds. The van der Waals surface area contributed by atoms with E-state index in [0.717, 1.165) is 58.8 Å². The fraction of sp³-hybridized carbons (Fsp3) is 0.316. The normalized spacial score (nSPS) is 14.1. The largest absolute Gasteiger partial charge is 0.507 e. The van der Waals surface area contributed by atoms with E-state index in [-0.39, 0.29) is 11.0 Å². The van der Waals surface area contributed by atoms with Crippen molar-refractivity contribution < 1.29 is 29.3 Å². The fourth-order valence-electron chi connectivity index (χ4n) is 5.80. The lowest BCUT2D eigenvalue weighted by Gasteiger charge is -2.32. The second-order valence-corrected chi connectivity index (χ2v) is 12.7. The monoisotopic (exact) mass is 622 g/mol. The van der Waals surface area contributed by atoms with Crippen LogP contribution in [0.2, 0.25) is 0 Å². The van der Waals surface area contributed by atoms with E-state index in [2.05, 4.69) is 67.4 Å². The highest BCUT2D eigenvalue weighted by Crippen LogP contribution is 2.34. The van der Waals surface area contributed by atoms with E-state index >= 15 is 0 Å². The van der Waals surface area contributed by atoms with E-state index in [1.54, 1.807) is 12.1 Å². The average Bonchev–Trinajstić information content (AvgIpc) is 3.03. The van der Waals surface area contributed by atoms with E-state index in [1.165, 1.54) is 5.56 Å². The Morgan fingerprint density at radius 3 is 2.24 bits per heavy atom. The Labute approximate surface area is 270 Å². The highest BCUT2D eigenvalue weighted by atomic mass is 16.7. The maximum Gasteiger partial charge on any atom is 0.507 e. The van der Waals surface area contributed by atoms with Gasteiger partial charge in [0.25, 0.3) is 0 Å². The number of fused-ring (bicyclic) bond motifs is 1. The van der Waals surface area contributed by atoms with Gasteiger partial charge in [0.15, 0.2) is 6.23 Å². The van der Waals surface area contributed by atoms with Crippen molar-refractivity contribution in [1.29, 1.82) is 0 Å². The summed E-state index contributed by atoms with van der Waals surface area (Å²) in [4.78, 5) is 24.8. The molecule has 1 unspecified atom stereocenters. The number of nitrogens with one attached hydrogen (secondary N) is 1. The molecule has 0 fully saturated rings. The number of aromatic carboxylic acids is 1. The summed E-state index contributed by atoms with van der Waals surface area (Å²) >= 11 is 0. The van der Waals surface area contributed by atoms with Crippen molar-refractivity contribution in [3.8, 4) is 5.75 Å². The first-order valence-electron chi connectivity index (χ1n) is 15.7. The van der Waals surface area contributed by atoms with Crippen molar-refractivity contribution in [3.05, 3.63) is 124 Å². The SMILES string of the molecule is CC(C)(C)c1ccc(COc2ccccc2CCN(CCc2ccc(C(=O)O)cc2)c2cccc3c2CCC(OC(=O)O)N3)cc1. The van der Waals surface area contributed by atoms with Gasteiger partial charge in [-0.2, -0.15) is 0 Å². The molecule has 1 atom stereocenters. The van der Waals surface area contributed by atoms with Gasteiger partial charge in [-0.05, 0) is 82.8 Å². The van der Waals surface area contributed by atoms with Gasteiger partial charge in [0, 0.05) is 30.9 Å². The van der Waals surface area contributed by atoms with Gasteiger partial charge in [-0.25, -0.2) is 9.59 Å². The Kier molecular flexibility index (Phi) is 10.2. The van der Waals surface area contributed by atoms with E-state index in [4.69, 9.17) is 14.6 Å². The van der Waals surface area contributed by atoms with Crippen LogP contribution in [0, 0.1) is 0 Å². The molecule has 0 aliphatic carbocycles. The summed E-state index contributed by atoms with van der Waals surface area (Å²) in [6.45, 7) is 8.54. The van der Waals surface area contributed by atoms with Crippen LogP contribution in [0.3, 0.4) is 0 Å². The summed E-state index contributed by atoms with van der Waals surface area (Å²) in [5, 5.41) is 21.6. The molecule has 8 heteroatoms. The molecule has 240 valence electrons. The maximum atomic E-state index is 11.3. The van der Waals surface area contributed by atoms with Crippen LogP contribution in [0.4, 0.5) is 16.2 Å². The van der Waals surface area contributed by atoms with Gasteiger partial charge in [-0.1, -0.05) is 81.4 Å². The summed E-state index contributed by atoms with van der Waals surface area (Å²) in [5.74, 6) is -0.0818. The number of carbonyl (C=O) groups is 2.